The molecule has 0 spiro atoms. The van der Waals surface area contributed by atoms with Crippen molar-refractivity contribution >= 4 is 21.4 Å². The molecule has 1 heterocycles. The molecule has 1 aromatic heterocycles. The van der Waals surface area contributed by atoms with Gasteiger partial charge in [0.15, 0.2) is 0 Å². The first kappa shape index (κ1) is 9.43. The molecule has 2 aromatic rings. The van der Waals surface area contributed by atoms with Crippen molar-refractivity contribution in [2.24, 2.45) is 0 Å². The van der Waals surface area contributed by atoms with Crippen LogP contribution in [0.25, 0.3) is 10.1 Å². The molecule has 0 saturated heterocycles. The molecule has 2 nitrogen and oxygen atoms in total. The van der Waals surface area contributed by atoms with Gasteiger partial charge in [0, 0.05) is 10.9 Å². The Morgan fingerprint density at radius 1 is 1.57 bits per heavy atom. The number of halogens is 1. The van der Waals surface area contributed by atoms with Gasteiger partial charge >= 0.3 is 0 Å². The maximum atomic E-state index is 13.4. The molecular weight excluding hydrogens is 203 g/mol. The van der Waals surface area contributed by atoms with Crippen molar-refractivity contribution in [2.45, 2.75) is 6.61 Å². The molecule has 0 fully saturated rings. The average molecular weight is 212 g/mol. The Bertz CT molecular complexity index is 464. The van der Waals surface area contributed by atoms with Crippen molar-refractivity contribution in [3.8, 4) is 5.75 Å². The van der Waals surface area contributed by atoms with E-state index in [2.05, 4.69) is 0 Å². The number of aliphatic hydroxyl groups excluding tert-OH is 1. The molecule has 2 rings (SSSR count). The molecule has 0 saturated carbocycles. The van der Waals surface area contributed by atoms with Crippen LogP contribution in [-0.4, -0.2) is 12.2 Å². The lowest BCUT2D eigenvalue weighted by Gasteiger charge is -2.07. The highest BCUT2D eigenvalue weighted by Gasteiger charge is 2.12. The molecule has 0 radical (unpaired) electrons. The molecule has 14 heavy (non-hydrogen) atoms. The Labute approximate surface area is 84.6 Å². The molecule has 1 N–H and O–H groups in total. The maximum absolute atomic E-state index is 13.4. The summed E-state index contributed by atoms with van der Waals surface area (Å²) in [6.07, 6.45) is 0. The smallest absolute Gasteiger partial charge is 0.141 e. The van der Waals surface area contributed by atoms with Gasteiger partial charge in [-0.25, -0.2) is 4.39 Å². The van der Waals surface area contributed by atoms with Gasteiger partial charge in [0.05, 0.1) is 18.4 Å². The summed E-state index contributed by atoms with van der Waals surface area (Å²) in [5.41, 5.74) is 0.482. The normalized spacial score (nSPS) is 10.8. The third-order valence-electron chi connectivity index (χ3n) is 2.09. The van der Waals surface area contributed by atoms with Crippen molar-refractivity contribution < 1.29 is 14.2 Å². The van der Waals surface area contributed by atoms with Crippen molar-refractivity contribution in [3.05, 3.63) is 28.9 Å². The third kappa shape index (κ3) is 1.27. The summed E-state index contributed by atoms with van der Waals surface area (Å²) in [6.45, 7) is -0.216. The molecule has 74 valence electrons. The van der Waals surface area contributed by atoms with E-state index in [1.165, 1.54) is 24.5 Å². The Hall–Kier alpha value is -1.13. The zero-order chi connectivity index (χ0) is 10.1. The quantitative estimate of drug-likeness (QED) is 0.829. The van der Waals surface area contributed by atoms with Crippen molar-refractivity contribution in [3.63, 3.8) is 0 Å². The Kier molecular flexibility index (Phi) is 2.39. The predicted molar refractivity (Wildman–Crippen MR) is 54.3 cm³/mol. The number of ether oxygens (including phenoxy) is 1. The lowest BCUT2D eigenvalue weighted by Crippen LogP contribution is -1.93. The summed E-state index contributed by atoms with van der Waals surface area (Å²) in [5.74, 6) is 0.255. The molecule has 0 bridgehead atoms. The number of thiophene rings is 1. The minimum Gasteiger partial charge on any atom is -0.496 e. The molecule has 0 unspecified atom stereocenters. The van der Waals surface area contributed by atoms with Crippen LogP contribution in [-0.2, 0) is 6.61 Å². The van der Waals surface area contributed by atoms with Crippen LogP contribution in [0, 0.1) is 5.82 Å². The minimum atomic E-state index is -0.306. The molecule has 0 aliphatic heterocycles. The van der Waals surface area contributed by atoms with E-state index >= 15 is 0 Å². The van der Waals surface area contributed by atoms with Crippen LogP contribution < -0.4 is 4.74 Å². The van der Waals surface area contributed by atoms with E-state index in [4.69, 9.17) is 9.84 Å². The Balaban J connectivity index is 2.82. The van der Waals surface area contributed by atoms with Crippen LogP contribution in [0.2, 0.25) is 0 Å². The maximum Gasteiger partial charge on any atom is 0.141 e. The van der Waals surface area contributed by atoms with Gasteiger partial charge in [-0.2, -0.15) is 0 Å². The lowest BCUT2D eigenvalue weighted by molar-refractivity contribution is 0.274. The number of fused-ring (bicyclic) bond motifs is 1. The van der Waals surface area contributed by atoms with Gasteiger partial charge < -0.3 is 9.84 Å². The number of rotatable bonds is 2. The summed E-state index contributed by atoms with van der Waals surface area (Å²) in [5, 5.41) is 11.6. The summed E-state index contributed by atoms with van der Waals surface area (Å²) < 4.78 is 19.1. The van der Waals surface area contributed by atoms with E-state index in [1.54, 1.807) is 11.4 Å². The molecule has 0 atom stereocenters. The van der Waals surface area contributed by atoms with Crippen LogP contribution in [0.5, 0.6) is 5.75 Å². The lowest BCUT2D eigenvalue weighted by atomic mass is 10.1. The van der Waals surface area contributed by atoms with Crippen LogP contribution in [0.15, 0.2) is 17.5 Å². The van der Waals surface area contributed by atoms with Crippen LogP contribution in [0.3, 0.4) is 0 Å². The van der Waals surface area contributed by atoms with Crippen molar-refractivity contribution in [1.82, 2.24) is 0 Å². The number of methoxy groups -OCH3 is 1. The predicted octanol–water partition coefficient (Wildman–Crippen LogP) is 2.54. The molecule has 0 aliphatic rings. The summed E-state index contributed by atoms with van der Waals surface area (Å²) >= 11 is 1.33. The second-order valence-corrected chi connectivity index (χ2v) is 3.79. The second kappa shape index (κ2) is 3.55. The van der Waals surface area contributed by atoms with Crippen molar-refractivity contribution in [2.75, 3.05) is 7.11 Å². The first-order valence-corrected chi connectivity index (χ1v) is 4.99. The van der Waals surface area contributed by atoms with Gasteiger partial charge in [0.25, 0.3) is 0 Å². The summed E-state index contributed by atoms with van der Waals surface area (Å²) in [6, 6.07) is 3.11. The highest BCUT2D eigenvalue weighted by molar-refractivity contribution is 7.17. The van der Waals surface area contributed by atoms with Crippen molar-refractivity contribution in [1.29, 1.82) is 0 Å². The van der Waals surface area contributed by atoms with E-state index in [1.807, 2.05) is 0 Å². The van der Waals surface area contributed by atoms with E-state index in [0.29, 0.717) is 16.0 Å². The zero-order valence-corrected chi connectivity index (χ0v) is 8.40. The molecular formula is C10H9FO2S. The second-order valence-electron chi connectivity index (χ2n) is 2.87. The van der Waals surface area contributed by atoms with Gasteiger partial charge in [0.1, 0.15) is 11.6 Å². The third-order valence-corrected chi connectivity index (χ3v) is 3.02. The average Bonchev–Trinajstić information content (AvgIpc) is 2.66. The van der Waals surface area contributed by atoms with Gasteiger partial charge in [-0.05, 0) is 17.5 Å². The summed E-state index contributed by atoms with van der Waals surface area (Å²) in [7, 11) is 1.52. The summed E-state index contributed by atoms with van der Waals surface area (Å²) in [4.78, 5) is 0. The first-order valence-electron chi connectivity index (χ1n) is 4.11. The van der Waals surface area contributed by atoms with Gasteiger partial charge in [-0.15, -0.1) is 11.3 Å². The number of hydrogen-bond acceptors (Lipinski definition) is 3. The van der Waals surface area contributed by atoms with E-state index < -0.39 is 0 Å². The highest BCUT2D eigenvalue weighted by atomic mass is 32.1. The van der Waals surface area contributed by atoms with Gasteiger partial charge in [-0.1, -0.05) is 0 Å². The molecule has 0 amide bonds. The fourth-order valence-corrected chi connectivity index (χ4v) is 2.29. The monoisotopic (exact) mass is 212 g/mol. The van der Waals surface area contributed by atoms with E-state index in [0.717, 1.165) is 5.39 Å². The largest absolute Gasteiger partial charge is 0.496 e. The fraction of sp³-hybridized carbons (Fsp3) is 0.200. The van der Waals surface area contributed by atoms with E-state index in [9.17, 15) is 4.39 Å². The molecule has 0 aliphatic carbocycles. The molecule has 4 heteroatoms. The Morgan fingerprint density at radius 2 is 2.36 bits per heavy atom. The van der Waals surface area contributed by atoms with Gasteiger partial charge in [0.2, 0.25) is 0 Å². The first-order chi connectivity index (χ1) is 6.77. The molecule has 1 aromatic carbocycles. The standard InChI is InChI=1S/C10H9FO2S/c1-13-9-6(5-12)4-8(11)10-7(9)2-3-14-10/h2-4,12H,5H2,1H3. The number of hydrogen-bond donors (Lipinski definition) is 1. The number of benzene rings is 1. The zero-order valence-electron chi connectivity index (χ0n) is 7.58. The SMILES string of the molecule is COc1c(CO)cc(F)c2sccc12. The van der Waals surface area contributed by atoms with E-state index in [-0.39, 0.29) is 12.4 Å². The number of aliphatic hydroxyl groups is 1. The fourth-order valence-electron chi connectivity index (χ4n) is 1.49. The Morgan fingerprint density at radius 3 is 3.00 bits per heavy atom. The topological polar surface area (TPSA) is 29.5 Å². The highest BCUT2D eigenvalue weighted by Crippen LogP contribution is 2.35. The minimum absolute atomic E-state index is 0.216. The van der Waals surface area contributed by atoms with Crippen LogP contribution in [0.4, 0.5) is 4.39 Å². The van der Waals surface area contributed by atoms with Crippen LogP contribution >= 0.6 is 11.3 Å². The van der Waals surface area contributed by atoms with Crippen LogP contribution in [0.1, 0.15) is 5.56 Å². The van der Waals surface area contributed by atoms with Gasteiger partial charge in [-0.3, -0.25) is 0 Å².